The number of carbonyl (C=O) groups excluding carboxylic acids is 4. The molecule has 0 aromatic heterocycles. The number of esters is 4. The molecule has 0 spiro atoms. The molecule has 178 valence electrons. The van der Waals surface area contributed by atoms with Crippen LogP contribution >= 0.6 is 11.8 Å². The molecule has 0 N–H and O–H groups in total. The minimum Gasteiger partial charge on any atom is -0.463 e. The zero-order valence-corrected chi connectivity index (χ0v) is 19.7. The molecule has 1 heterocycles. The van der Waals surface area contributed by atoms with E-state index in [0.29, 0.717) is 0 Å². The summed E-state index contributed by atoms with van der Waals surface area (Å²) in [7, 11) is -3.26. The Morgan fingerprint density at radius 1 is 0.839 bits per heavy atom. The van der Waals surface area contributed by atoms with Gasteiger partial charge in [0.15, 0.2) is 28.1 Å². The lowest BCUT2D eigenvalue weighted by Gasteiger charge is -2.44. The molecule has 0 aromatic rings. The van der Waals surface area contributed by atoms with Crippen LogP contribution in [0.4, 0.5) is 0 Å². The van der Waals surface area contributed by atoms with Gasteiger partial charge in [0.2, 0.25) is 0 Å². The molecule has 0 unspecified atom stereocenters. The molecule has 0 saturated carbocycles. The molecule has 0 aliphatic carbocycles. The topological polar surface area (TPSA) is 149 Å². The van der Waals surface area contributed by atoms with Gasteiger partial charge < -0.3 is 23.7 Å². The Morgan fingerprint density at radius 2 is 1.35 bits per heavy atom. The van der Waals surface area contributed by atoms with Crippen molar-refractivity contribution >= 4 is 45.5 Å². The van der Waals surface area contributed by atoms with E-state index in [-0.39, 0.29) is 23.9 Å². The molecule has 0 radical (unpaired) electrons. The van der Waals surface area contributed by atoms with Crippen LogP contribution in [0.25, 0.3) is 0 Å². The molecule has 13 heteroatoms. The van der Waals surface area contributed by atoms with Gasteiger partial charge in [0.25, 0.3) is 0 Å². The van der Waals surface area contributed by atoms with Crippen molar-refractivity contribution in [2.75, 3.05) is 23.9 Å². The first-order valence-electron chi connectivity index (χ1n) is 9.48. The van der Waals surface area contributed by atoms with Crippen molar-refractivity contribution in [3.05, 3.63) is 0 Å². The third-order valence-electron chi connectivity index (χ3n) is 4.06. The normalized spacial score (nSPS) is 25.9. The van der Waals surface area contributed by atoms with Crippen molar-refractivity contribution in [2.24, 2.45) is 0 Å². The van der Waals surface area contributed by atoms with Crippen LogP contribution in [0.1, 0.15) is 34.6 Å². The van der Waals surface area contributed by atoms with Gasteiger partial charge in [-0.2, -0.15) is 0 Å². The van der Waals surface area contributed by atoms with Crippen LogP contribution in [0.15, 0.2) is 0 Å². The lowest BCUT2D eigenvalue weighted by atomic mass is 9.99. The molecule has 1 aliphatic rings. The van der Waals surface area contributed by atoms with E-state index in [1.165, 1.54) is 13.8 Å². The van der Waals surface area contributed by atoms with Crippen LogP contribution in [0.5, 0.6) is 0 Å². The Morgan fingerprint density at radius 3 is 1.84 bits per heavy atom. The van der Waals surface area contributed by atoms with Crippen LogP contribution in [-0.4, -0.2) is 86.0 Å². The van der Waals surface area contributed by atoms with E-state index in [1.54, 1.807) is 0 Å². The average molecular weight is 485 g/mol. The maximum atomic E-state index is 11.8. The van der Waals surface area contributed by atoms with Gasteiger partial charge in [-0.3, -0.25) is 19.2 Å². The lowest BCUT2D eigenvalue weighted by Crippen LogP contribution is -2.61. The number of rotatable bonds is 10. The maximum absolute atomic E-state index is 11.8. The fourth-order valence-corrected chi connectivity index (χ4v) is 5.30. The van der Waals surface area contributed by atoms with Gasteiger partial charge in [-0.15, -0.1) is 11.8 Å². The quantitative estimate of drug-likeness (QED) is 0.309. The third kappa shape index (κ3) is 9.44. The van der Waals surface area contributed by atoms with Gasteiger partial charge in [-0.05, 0) is 0 Å². The predicted octanol–water partition coefficient (Wildman–Crippen LogP) is 0.237. The monoisotopic (exact) mass is 484 g/mol. The van der Waals surface area contributed by atoms with Crippen LogP contribution in [0.3, 0.4) is 0 Å². The minimum atomic E-state index is -3.26. The molecule has 31 heavy (non-hydrogen) atoms. The number of sulfone groups is 1. The summed E-state index contributed by atoms with van der Waals surface area (Å²) < 4.78 is 50.3. The Kier molecular flexibility index (Phi) is 10.7. The first-order valence-corrected chi connectivity index (χ1v) is 12.4. The van der Waals surface area contributed by atoms with Crippen molar-refractivity contribution in [2.45, 2.75) is 64.5 Å². The second kappa shape index (κ2) is 12.2. The van der Waals surface area contributed by atoms with Gasteiger partial charge in [-0.1, -0.05) is 6.92 Å². The summed E-state index contributed by atoms with van der Waals surface area (Å²) in [5, 5.41) is 0. The summed E-state index contributed by atoms with van der Waals surface area (Å²) in [5.41, 5.74) is -0.979. The van der Waals surface area contributed by atoms with Gasteiger partial charge in [-0.25, -0.2) is 8.42 Å². The predicted molar refractivity (Wildman–Crippen MR) is 109 cm³/mol. The van der Waals surface area contributed by atoms with Crippen molar-refractivity contribution in [3.63, 3.8) is 0 Å². The molecular weight excluding hydrogens is 456 g/mol. The fourth-order valence-electron chi connectivity index (χ4n) is 2.76. The van der Waals surface area contributed by atoms with Crippen molar-refractivity contribution in [1.82, 2.24) is 0 Å². The van der Waals surface area contributed by atoms with E-state index in [0.717, 1.165) is 32.5 Å². The Labute approximate surface area is 185 Å². The van der Waals surface area contributed by atoms with E-state index >= 15 is 0 Å². The van der Waals surface area contributed by atoms with E-state index < -0.39 is 63.6 Å². The highest BCUT2D eigenvalue weighted by atomic mass is 32.2. The van der Waals surface area contributed by atoms with Gasteiger partial charge >= 0.3 is 23.9 Å². The van der Waals surface area contributed by atoms with E-state index in [1.807, 2.05) is 0 Å². The molecular formula is C18H28O11S2. The molecule has 0 amide bonds. The fraction of sp³-hybridized carbons (Fsp3) is 0.778. The highest BCUT2D eigenvalue weighted by Gasteiger charge is 2.52. The molecule has 11 nitrogen and oxygen atoms in total. The number of hydrogen-bond acceptors (Lipinski definition) is 12. The van der Waals surface area contributed by atoms with Crippen molar-refractivity contribution in [1.29, 1.82) is 0 Å². The third-order valence-corrected chi connectivity index (χ3v) is 7.18. The summed E-state index contributed by atoms with van der Waals surface area (Å²) in [6.45, 7) is 5.76. The summed E-state index contributed by atoms with van der Waals surface area (Å²) in [5.74, 6) is -2.87. The highest BCUT2D eigenvalue weighted by molar-refractivity contribution is 8.01. The van der Waals surface area contributed by atoms with Crippen molar-refractivity contribution < 1.29 is 51.3 Å². The molecule has 1 fully saturated rings. The summed E-state index contributed by atoms with van der Waals surface area (Å²) in [6.07, 6.45) is -4.75. The van der Waals surface area contributed by atoms with Gasteiger partial charge in [0.05, 0.1) is 5.75 Å². The molecule has 1 aliphatic heterocycles. The largest absolute Gasteiger partial charge is 0.463 e. The lowest BCUT2D eigenvalue weighted by molar-refractivity contribution is -0.237. The zero-order valence-electron chi connectivity index (χ0n) is 18.0. The number of thioether (sulfide) groups is 1. The summed E-state index contributed by atoms with van der Waals surface area (Å²) >= 11 is 1.03. The second-order valence-corrected chi connectivity index (χ2v) is 10.4. The highest BCUT2D eigenvalue weighted by Crippen LogP contribution is 2.34. The van der Waals surface area contributed by atoms with E-state index in [4.69, 9.17) is 23.7 Å². The number of carbonyl (C=O) groups is 4. The first-order chi connectivity index (χ1) is 14.4. The zero-order chi connectivity index (χ0) is 23.8. The van der Waals surface area contributed by atoms with Crippen LogP contribution in [0.2, 0.25) is 0 Å². The number of hydrogen-bond donors (Lipinski definition) is 0. The van der Waals surface area contributed by atoms with E-state index in [2.05, 4.69) is 0 Å². The smallest absolute Gasteiger partial charge is 0.303 e. The maximum Gasteiger partial charge on any atom is 0.303 e. The molecule has 0 aromatic carbocycles. The van der Waals surface area contributed by atoms with Crippen molar-refractivity contribution in [3.8, 4) is 0 Å². The summed E-state index contributed by atoms with van der Waals surface area (Å²) in [4.78, 5) is 46.3. The van der Waals surface area contributed by atoms with Crippen LogP contribution in [0, 0.1) is 0 Å². The average Bonchev–Trinajstić information content (AvgIpc) is 2.63. The number of ether oxygens (including phenoxy) is 5. The molecule has 5 atom stereocenters. The standard InChI is InChI=1S/C18H28O11S2/c1-6-31(23,24)8-7-30-18-17(28-13(5)22)16(27-12(4)21)15(26-11(3)20)14(29-18)9-25-10(2)19/h14-18H,6-9H2,1-5H3/t14-,15+,16+,17+,18+/m0/s1. The molecule has 1 rings (SSSR count). The van der Waals surface area contributed by atoms with Crippen LogP contribution < -0.4 is 0 Å². The Hall–Kier alpha value is -1.86. The van der Waals surface area contributed by atoms with Gasteiger partial charge in [0, 0.05) is 39.2 Å². The minimum absolute atomic E-state index is 0.0356. The summed E-state index contributed by atoms with van der Waals surface area (Å²) in [6, 6.07) is 0. The Balaban J connectivity index is 3.24. The first kappa shape index (κ1) is 27.2. The SMILES string of the molecule is CCS(=O)(=O)CCS[C@H]1O[C@@H](COC(C)=O)[C@@H](OC(C)=O)[C@@H](OC(C)=O)[C@H]1OC(C)=O. The second-order valence-electron chi connectivity index (χ2n) is 6.67. The molecule has 1 saturated heterocycles. The Bertz CT molecular complexity index is 764. The van der Waals surface area contributed by atoms with E-state index in [9.17, 15) is 27.6 Å². The molecule has 0 bridgehead atoms. The van der Waals surface area contributed by atoms with Crippen LogP contribution in [-0.2, 0) is 52.7 Å². The van der Waals surface area contributed by atoms with Gasteiger partial charge in [0.1, 0.15) is 18.1 Å².